The smallest absolute Gasteiger partial charge is 0.247 e. The molecule has 0 unspecified atom stereocenters. The van der Waals surface area contributed by atoms with Gasteiger partial charge in [-0.05, 0) is 24.6 Å². The number of carbonyl (C=O) groups excluding carboxylic acids is 2. The number of hydrogen-bond acceptors (Lipinski definition) is 3. The number of rotatable bonds is 2. The van der Waals surface area contributed by atoms with Crippen molar-refractivity contribution in [1.82, 2.24) is 10.2 Å². The molecule has 2 amide bonds. The van der Waals surface area contributed by atoms with Crippen LogP contribution in [0.1, 0.15) is 12.2 Å². The molecule has 0 aliphatic carbocycles. The van der Waals surface area contributed by atoms with Gasteiger partial charge in [0.25, 0.3) is 0 Å². The first-order valence-corrected chi connectivity index (χ1v) is 5.53. The summed E-state index contributed by atoms with van der Waals surface area (Å²) in [5, 5.41) is 2.72. The Morgan fingerprint density at radius 1 is 1.53 bits per heavy atom. The molecule has 1 saturated heterocycles. The van der Waals surface area contributed by atoms with Crippen LogP contribution in [0.4, 0.5) is 0 Å². The normalized spacial score (nSPS) is 16.9. The number of carbonyl (C=O) groups is 2. The van der Waals surface area contributed by atoms with E-state index in [-0.39, 0.29) is 18.4 Å². The highest BCUT2D eigenvalue weighted by Crippen LogP contribution is 2.04. The Morgan fingerprint density at radius 2 is 2.41 bits per heavy atom. The molecule has 1 aromatic heterocycles. The lowest BCUT2D eigenvalue weighted by atomic mass is 10.3. The third-order valence-electron chi connectivity index (χ3n) is 2.51. The highest BCUT2D eigenvalue weighted by Gasteiger charge is 2.17. The van der Waals surface area contributed by atoms with Gasteiger partial charge in [0, 0.05) is 19.2 Å². The molecule has 0 saturated carbocycles. The van der Waals surface area contributed by atoms with Crippen LogP contribution < -0.4 is 5.32 Å². The predicted molar refractivity (Wildman–Crippen MR) is 61.9 cm³/mol. The molecule has 1 aromatic rings. The molecule has 1 N–H and O–H groups in total. The lowest BCUT2D eigenvalue weighted by Gasteiger charge is -2.16. The summed E-state index contributed by atoms with van der Waals surface area (Å²) in [6.45, 7) is 1.35. The lowest BCUT2D eigenvalue weighted by molar-refractivity contribution is -0.131. The number of nitrogens with zero attached hydrogens (tertiary/aromatic N) is 1. The molecule has 1 fully saturated rings. The topological polar surface area (TPSA) is 62.6 Å². The second-order valence-corrected chi connectivity index (χ2v) is 3.81. The van der Waals surface area contributed by atoms with Crippen LogP contribution in [-0.4, -0.2) is 36.3 Å². The van der Waals surface area contributed by atoms with Gasteiger partial charge < -0.3 is 14.6 Å². The van der Waals surface area contributed by atoms with Gasteiger partial charge in [0.05, 0.1) is 12.8 Å². The van der Waals surface area contributed by atoms with Crippen LogP contribution in [-0.2, 0) is 9.59 Å². The van der Waals surface area contributed by atoms with Crippen LogP contribution in [0.5, 0.6) is 0 Å². The van der Waals surface area contributed by atoms with Gasteiger partial charge in [0.2, 0.25) is 11.8 Å². The van der Waals surface area contributed by atoms with Gasteiger partial charge in [-0.15, -0.1) is 0 Å². The van der Waals surface area contributed by atoms with Crippen LogP contribution >= 0.6 is 0 Å². The number of hydrogen-bond donors (Lipinski definition) is 1. The van der Waals surface area contributed by atoms with Crippen molar-refractivity contribution < 1.29 is 14.0 Å². The van der Waals surface area contributed by atoms with E-state index in [0.717, 1.165) is 6.42 Å². The number of amides is 2. The Bertz CT molecular complexity index is 423. The summed E-state index contributed by atoms with van der Waals surface area (Å²) in [5.41, 5.74) is 0. The van der Waals surface area contributed by atoms with Crippen molar-refractivity contribution in [3.8, 4) is 0 Å². The summed E-state index contributed by atoms with van der Waals surface area (Å²) in [6, 6.07) is 3.52. The molecule has 17 heavy (non-hydrogen) atoms. The van der Waals surface area contributed by atoms with Gasteiger partial charge in [-0.2, -0.15) is 0 Å². The average molecular weight is 234 g/mol. The van der Waals surface area contributed by atoms with Gasteiger partial charge in [-0.3, -0.25) is 9.59 Å². The molecule has 1 aliphatic rings. The van der Waals surface area contributed by atoms with Gasteiger partial charge in [0.15, 0.2) is 0 Å². The minimum atomic E-state index is -0.168. The monoisotopic (exact) mass is 234 g/mol. The summed E-state index contributed by atoms with van der Waals surface area (Å²) in [7, 11) is 0. The average Bonchev–Trinajstić information content (AvgIpc) is 2.74. The molecular weight excluding hydrogens is 220 g/mol. The van der Waals surface area contributed by atoms with Crippen LogP contribution in [0.3, 0.4) is 0 Å². The van der Waals surface area contributed by atoms with E-state index in [1.807, 2.05) is 0 Å². The standard InChI is InChI=1S/C12H14N2O3/c15-11-9-14(7-2-6-13-11)12(16)5-4-10-3-1-8-17-10/h1,3-5,8H,2,6-7,9H2,(H,13,15). The van der Waals surface area contributed by atoms with E-state index in [0.29, 0.717) is 18.8 Å². The molecule has 0 radical (unpaired) electrons. The highest BCUT2D eigenvalue weighted by atomic mass is 16.3. The minimum absolute atomic E-state index is 0.109. The van der Waals surface area contributed by atoms with Crippen molar-refractivity contribution in [3.63, 3.8) is 0 Å². The van der Waals surface area contributed by atoms with Gasteiger partial charge in [-0.1, -0.05) is 0 Å². The fraction of sp³-hybridized carbons (Fsp3) is 0.333. The quantitative estimate of drug-likeness (QED) is 0.764. The SMILES string of the molecule is O=C1CN(C(=O)C=Cc2ccco2)CCCN1. The fourth-order valence-electron chi connectivity index (χ4n) is 1.64. The number of nitrogens with one attached hydrogen (secondary N) is 1. The summed E-state index contributed by atoms with van der Waals surface area (Å²) >= 11 is 0. The zero-order chi connectivity index (χ0) is 12.1. The van der Waals surface area contributed by atoms with Crippen LogP contribution in [0, 0.1) is 0 Å². The molecule has 0 aromatic carbocycles. The Balaban J connectivity index is 1.97. The van der Waals surface area contributed by atoms with Gasteiger partial charge in [0.1, 0.15) is 5.76 Å². The Hall–Kier alpha value is -2.04. The molecule has 2 heterocycles. The molecule has 90 valence electrons. The molecule has 5 heteroatoms. The van der Waals surface area contributed by atoms with E-state index < -0.39 is 0 Å². The molecular formula is C12H14N2O3. The van der Waals surface area contributed by atoms with Crippen LogP contribution in [0.15, 0.2) is 28.9 Å². The maximum absolute atomic E-state index is 11.8. The summed E-state index contributed by atoms with van der Waals surface area (Å²) in [6.07, 6.45) is 5.36. The third-order valence-corrected chi connectivity index (χ3v) is 2.51. The maximum atomic E-state index is 11.8. The van der Waals surface area contributed by atoms with Crippen molar-refractivity contribution in [2.45, 2.75) is 6.42 Å². The second kappa shape index (κ2) is 5.34. The Labute approximate surface area is 99.1 Å². The Kier molecular flexibility index (Phi) is 3.59. The van der Waals surface area contributed by atoms with E-state index in [4.69, 9.17) is 4.42 Å². The highest BCUT2D eigenvalue weighted by molar-refractivity contribution is 5.94. The Morgan fingerprint density at radius 3 is 3.18 bits per heavy atom. The first kappa shape index (κ1) is 11.4. The van der Waals surface area contributed by atoms with Crippen molar-refractivity contribution in [1.29, 1.82) is 0 Å². The zero-order valence-electron chi connectivity index (χ0n) is 9.39. The molecule has 2 rings (SSSR count). The molecule has 0 spiro atoms. The lowest BCUT2D eigenvalue weighted by Crippen LogP contribution is -2.36. The van der Waals surface area contributed by atoms with E-state index in [1.165, 1.54) is 11.0 Å². The van der Waals surface area contributed by atoms with Crippen LogP contribution in [0.2, 0.25) is 0 Å². The third kappa shape index (κ3) is 3.21. The molecule has 0 atom stereocenters. The van der Waals surface area contributed by atoms with Crippen LogP contribution in [0.25, 0.3) is 6.08 Å². The minimum Gasteiger partial charge on any atom is -0.465 e. The summed E-state index contributed by atoms with van der Waals surface area (Å²) in [5.74, 6) is 0.346. The van der Waals surface area contributed by atoms with E-state index >= 15 is 0 Å². The fourth-order valence-corrected chi connectivity index (χ4v) is 1.64. The van der Waals surface area contributed by atoms with Gasteiger partial charge >= 0.3 is 0 Å². The molecule has 1 aliphatic heterocycles. The maximum Gasteiger partial charge on any atom is 0.247 e. The van der Waals surface area contributed by atoms with E-state index in [1.54, 1.807) is 24.5 Å². The predicted octanol–water partition coefficient (Wildman–Crippen LogP) is 0.641. The molecule has 0 bridgehead atoms. The van der Waals surface area contributed by atoms with Crippen molar-refractivity contribution in [2.75, 3.05) is 19.6 Å². The second-order valence-electron chi connectivity index (χ2n) is 3.81. The van der Waals surface area contributed by atoms with E-state index in [2.05, 4.69) is 5.32 Å². The first-order chi connectivity index (χ1) is 8.25. The van der Waals surface area contributed by atoms with Crippen molar-refractivity contribution in [2.24, 2.45) is 0 Å². The number of furan rings is 1. The first-order valence-electron chi connectivity index (χ1n) is 5.53. The molecule has 5 nitrogen and oxygen atoms in total. The van der Waals surface area contributed by atoms with E-state index in [9.17, 15) is 9.59 Å². The zero-order valence-corrected chi connectivity index (χ0v) is 9.39. The summed E-state index contributed by atoms with van der Waals surface area (Å²) < 4.78 is 5.08. The van der Waals surface area contributed by atoms with Crippen molar-refractivity contribution >= 4 is 17.9 Å². The van der Waals surface area contributed by atoms with Crippen molar-refractivity contribution in [3.05, 3.63) is 30.2 Å². The van der Waals surface area contributed by atoms with Gasteiger partial charge in [-0.25, -0.2) is 0 Å². The largest absolute Gasteiger partial charge is 0.465 e. The summed E-state index contributed by atoms with van der Waals surface area (Å²) in [4.78, 5) is 24.6.